The fourth-order valence-corrected chi connectivity index (χ4v) is 2.76. The second-order valence-corrected chi connectivity index (χ2v) is 5.90. The van der Waals surface area contributed by atoms with Gasteiger partial charge in [-0.1, -0.05) is 18.2 Å². The lowest BCUT2D eigenvalue weighted by atomic mass is 10.2. The zero-order valence-corrected chi connectivity index (χ0v) is 13.8. The van der Waals surface area contributed by atoms with Crippen molar-refractivity contribution in [3.63, 3.8) is 0 Å². The molecule has 2 aromatic carbocycles. The summed E-state index contributed by atoms with van der Waals surface area (Å²) in [6, 6.07) is 11.4. The van der Waals surface area contributed by atoms with Gasteiger partial charge in [0.1, 0.15) is 18.7 Å². The van der Waals surface area contributed by atoms with Crippen molar-refractivity contribution in [2.24, 2.45) is 0 Å². The average Bonchev–Trinajstić information content (AvgIpc) is 2.94. The smallest absolute Gasteiger partial charge is 0.324 e. The number of amides is 1. The number of hydrogen-bond acceptors (Lipinski definition) is 4. The Balaban J connectivity index is 1.68. The standard InChI is InChI=1S/C18H14FN5O2/c1-11-6-7-12(19)8-15(11)21-16(25)9-24-18(26)23-10-20-14-5-3-2-4-13(14)17(23)22-24/h2-8,10H,9H2,1H3,(H,21,25). The van der Waals surface area contributed by atoms with Crippen molar-refractivity contribution in [2.75, 3.05) is 5.32 Å². The van der Waals surface area contributed by atoms with Crippen molar-refractivity contribution in [1.82, 2.24) is 19.2 Å². The molecule has 7 nitrogen and oxygen atoms in total. The van der Waals surface area contributed by atoms with Gasteiger partial charge in [0.25, 0.3) is 0 Å². The molecule has 4 rings (SSSR count). The third-order valence-electron chi connectivity index (χ3n) is 4.09. The Morgan fingerprint density at radius 1 is 1.23 bits per heavy atom. The lowest BCUT2D eigenvalue weighted by Gasteiger charge is -2.07. The number of halogens is 1. The van der Waals surface area contributed by atoms with Crippen molar-refractivity contribution in [1.29, 1.82) is 0 Å². The van der Waals surface area contributed by atoms with E-state index in [2.05, 4.69) is 15.4 Å². The van der Waals surface area contributed by atoms with E-state index in [0.29, 0.717) is 22.2 Å². The average molecular weight is 351 g/mol. The Kier molecular flexibility index (Phi) is 3.72. The molecule has 2 aromatic heterocycles. The van der Waals surface area contributed by atoms with Crippen LogP contribution in [0.25, 0.3) is 16.6 Å². The molecule has 0 aliphatic carbocycles. The second-order valence-electron chi connectivity index (χ2n) is 5.90. The molecular formula is C18H14FN5O2. The monoisotopic (exact) mass is 351 g/mol. The number of para-hydroxylation sites is 1. The molecule has 0 radical (unpaired) electrons. The van der Waals surface area contributed by atoms with Gasteiger partial charge in [-0.25, -0.2) is 23.3 Å². The molecule has 26 heavy (non-hydrogen) atoms. The number of rotatable bonds is 3. The summed E-state index contributed by atoms with van der Waals surface area (Å²) >= 11 is 0. The Labute approximate surface area is 146 Å². The van der Waals surface area contributed by atoms with E-state index >= 15 is 0 Å². The van der Waals surface area contributed by atoms with Gasteiger partial charge in [0.15, 0.2) is 5.65 Å². The van der Waals surface area contributed by atoms with Crippen LogP contribution in [0.15, 0.2) is 53.6 Å². The lowest BCUT2D eigenvalue weighted by molar-refractivity contribution is -0.117. The number of nitrogens with one attached hydrogen (secondary N) is 1. The maximum atomic E-state index is 13.3. The molecule has 0 aliphatic rings. The van der Waals surface area contributed by atoms with E-state index in [-0.39, 0.29) is 6.54 Å². The van der Waals surface area contributed by atoms with Gasteiger partial charge in [-0.15, -0.1) is 5.10 Å². The third-order valence-corrected chi connectivity index (χ3v) is 4.09. The van der Waals surface area contributed by atoms with E-state index in [1.807, 2.05) is 24.3 Å². The molecular weight excluding hydrogens is 337 g/mol. The summed E-state index contributed by atoms with van der Waals surface area (Å²) in [7, 11) is 0. The third kappa shape index (κ3) is 2.71. The molecule has 0 fully saturated rings. The largest absolute Gasteiger partial charge is 0.352 e. The van der Waals surface area contributed by atoms with Gasteiger partial charge in [0, 0.05) is 11.1 Å². The first-order valence-corrected chi connectivity index (χ1v) is 7.92. The van der Waals surface area contributed by atoms with E-state index in [0.717, 1.165) is 10.2 Å². The number of fused-ring (bicyclic) bond motifs is 3. The molecule has 2 heterocycles. The van der Waals surface area contributed by atoms with Crippen LogP contribution in [0.5, 0.6) is 0 Å². The van der Waals surface area contributed by atoms with E-state index in [1.54, 1.807) is 13.0 Å². The minimum absolute atomic E-state index is 0.287. The molecule has 0 bridgehead atoms. The van der Waals surface area contributed by atoms with Crippen LogP contribution >= 0.6 is 0 Å². The minimum Gasteiger partial charge on any atom is -0.324 e. The highest BCUT2D eigenvalue weighted by Gasteiger charge is 2.14. The van der Waals surface area contributed by atoms with Crippen molar-refractivity contribution in [3.05, 3.63) is 70.7 Å². The number of anilines is 1. The number of benzene rings is 2. The lowest BCUT2D eigenvalue weighted by Crippen LogP contribution is -2.28. The SMILES string of the molecule is Cc1ccc(F)cc1NC(=O)Cn1nc2c3ccccc3ncn2c1=O. The number of carbonyl (C=O) groups is 1. The van der Waals surface area contributed by atoms with Crippen LogP contribution in [0, 0.1) is 12.7 Å². The molecule has 0 aliphatic heterocycles. The van der Waals surface area contributed by atoms with Gasteiger partial charge in [-0.05, 0) is 36.8 Å². The van der Waals surface area contributed by atoms with Gasteiger partial charge in [0.05, 0.1) is 5.52 Å². The van der Waals surface area contributed by atoms with Crippen LogP contribution in [0.4, 0.5) is 10.1 Å². The van der Waals surface area contributed by atoms with Gasteiger partial charge < -0.3 is 5.32 Å². The topological polar surface area (TPSA) is 81.3 Å². The van der Waals surface area contributed by atoms with Crippen molar-refractivity contribution in [2.45, 2.75) is 13.5 Å². The van der Waals surface area contributed by atoms with Crippen LogP contribution in [0.3, 0.4) is 0 Å². The molecule has 0 unspecified atom stereocenters. The number of hydrogen-bond donors (Lipinski definition) is 1. The minimum atomic E-state index is -0.471. The quantitative estimate of drug-likeness (QED) is 0.613. The predicted octanol–water partition coefficient (Wildman–Crippen LogP) is 2.13. The van der Waals surface area contributed by atoms with Crippen molar-refractivity contribution < 1.29 is 9.18 Å². The Bertz CT molecular complexity index is 1210. The first-order chi connectivity index (χ1) is 12.5. The summed E-state index contributed by atoms with van der Waals surface area (Å²) in [4.78, 5) is 29.0. The first kappa shape index (κ1) is 15.9. The van der Waals surface area contributed by atoms with Gasteiger partial charge >= 0.3 is 5.69 Å². The highest BCUT2D eigenvalue weighted by Crippen LogP contribution is 2.16. The summed E-state index contributed by atoms with van der Waals surface area (Å²) in [6.07, 6.45) is 1.39. The predicted molar refractivity (Wildman–Crippen MR) is 94.5 cm³/mol. The fraction of sp³-hybridized carbons (Fsp3) is 0.111. The van der Waals surface area contributed by atoms with Gasteiger partial charge in [0.2, 0.25) is 5.91 Å². The van der Waals surface area contributed by atoms with Crippen LogP contribution in [0.1, 0.15) is 5.56 Å². The Morgan fingerprint density at radius 2 is 2.04 bits per heavy atom. The summed E-state index contributed by atoms with van der Waals surface area (Å²) in [5.74, 6) is -0.921. The molecule has 0 saturated carbocycles. The normalized spacial score (nSPS) is 11.2. The molecule has 1 amide bonds. The van der Waals surface area contributed by atoms with Crippen molar-refractivity contribution in [3.8, 4) is 0 Å². The molecule has 0 spiro atoms. The van der Waals surface area contributed by atoms with Crippen LogP contribution in [-0.2, 0) is 11.3 Å². The van der Waals surface area contributed by atoms with E-state index in [9.17, 15) is 14.0 Å². The number of nitrogens with zero attached hydrogens (tertiary/aromatic N) is 4. The number of aryl methyl sites for hydroxylation is 1. The summed E-state index contributed by atoms with van der Waals surface area (Å²) < 4.78 is 15.7. The zero-order valence-electron chi connectivity index (χ0n) is 13.8. The Hall–Kier alpha value is -3.55. The van der Waals surface area contributed by atoms with E-state index in [4.69, 9.17) is 0 Å². The van der Waals surface area contributed by atoms with E-state index in [1.165, 1.54) is 22.9 Å². The van der Waals surface area contributed by atoms with Gasteiger partial charge in [-0.2, -0.15) is 0 Å². The highest BCUT2D eigenvalue weighted by molar-refractivity contribution is 5.92. The van der Waals surface area contributed by atoms with Crippen LogP contribution in [0.2, 0.25) is 0 Å². The number of carbonyl (C=O) groups excluding carboxylic acids is 1. The summed E-state index contributed by atoms with van der Waals surface area (Å²) in [5.41, 5.74) is 1.74. The van der Waals surface area contributed by atoms with E-state index < -0.39 is 17.4 Å². The van der Waals surface area contributed by atoms with Crippen molar-refractivity contribution >= 4 is 28.1 Å². The van der Waals surface area contributed by atoms with Crippen LogP contribution < -0.4 is 11.0 Å². The maximum absolute atomic E-state index is 13.3. The zero-order chi connectivity index (χ0) is 18.3. The Morgan fingerprint density at radius 3 is 2.88 bits per heavy atom. The molecule has 130 valence electrons. The number of aromatic nitrogens is 4. The summed E-state index contributed by atoms with van der Waals surface area (Å²) in [5, 5.41) is 7.57. The molecule has 8 heteroatoms. The van der Waals surface area contributed by atoms with Gasteiger partial charge in [-0.3, -0.25) is 4.79 Å². The highest BCUT2D eigenvalue weighted by atomic mass is 19.1. The second kappa shape index (κ2) is 6.07. The molecule has 0 saturated heterocycles. The molecule has 4 aromatic rings. The molecule has 0 atom stereocenters. The maximum Gasteiger partial charge on any atom is 0.352 e. The fourth-order valence-electron chi connectivity index (χ4n) is 2.76. The van der Waals surface area contributed by atoms with Crippen LogP contribution in [-0.4, -0.2) is 25.1 Å². The molecule has 1 N–H and O–H groups in total. The summed E-state index contributed by atoms with van der Waals surface area (Å²) in [6.45, 7) is 1.47. The first-order valence-electron chi connectivity index (χ1n) is 7.92.